The monoisotopic (exact) mass is 315 g/mol. The number of amides is 1. The highest BCUT2D eigenvalue weighted by Crippen LogP contribution is 2.24. The van der Waals surface area contributed by atoms with Crippen LogP contribution in [0.3, 0.4) is 0 Å². The first-order valence-electron chi connectivity index (χ1n) is 6.59. The lowest BCUT2D eigenvalue weighted by Crippen LogP contribution is -2.27. The number of ether oxygens (including phenoxy) is 1. The Kier molecular flexibility index (Phi) is 3.93. The zero-order chi connectivity index (χ0) is 15.5. The van der Waals surface area contributed by atoms with E-state index in [0.29, 0.717) is 23.3 Å². The molecule has 112 valence electrons. The van der Waals surface area contributed by atoms with Gasteiger partial charge in [-0.2, -0.15) is 11.3 Å². The van der Waals surface area contributed by atoms with Gasteiger partial charge in [0.25, 0.3) is 5.91 Å². The maximum absolute atomic E-state index is 12.2. The quantitative estimate of drug-likeness (QED) is 0.752. The van der Waals surface area contributed by atoms with E-state index in [9.17, 15) is 9.59 Å². The van der Waals surface area contributed by atoms with Gasteiger partial charge in [0.05, 0.1) is 7.11 Å². The lowest BCUT2D eigenvalue weighted by Gasteiger charge is -2.06. The Balaban J connectivity index is 1.92. The summed E-state index contributed by atoms with van der Waals surface area (Å²) >= 11 is 1.55. The van der Waals surface area contributed by atoms with Crippen LogP contribution in [0.2, 0.25) is 0 Å². The second kappa shape index (κ2) is 6.03. The molecule has 0 fully saturated rings. The second-order valence-corrected chi connectivity index (χ2v) is 5.42. The predicted molar refractivity (Wildman–Crippen MR) is 84.5 cm³/mol. The molecule has 6 heteroatoms. The summed E-state index contributed by atoms with van der Waals surface area (Å²) in [4.78, 5) is 24.2. The summed E-state index contributed by atoms with van der Waals surface area (Å²) in [7, 11) is 1.50. The Hall–Kier alpha value is -2.60. The van der Waals surface area contributed by atoms with E-state index in [1.807, 2.05) is 16.8 Å². The van der Waals surface area contributed by atoms with Crippen LogP contribution >= 0.6 is 11.3 Å². The molecule has 1 N–H and O–H groups in total. The number of hydrogen-bond donors (Lipinski definition) is 1. The van der Waals surface area contributed by atoms with E-state index < -0.39 is 11.5 Å². The summed E-state index contributed by atoms with van der Waals surface area (Å²) in [6.45, 7) is 0.373. The fraction of sp³-hybridized carbons (Fsp3) is 0.125. The second-order valence-electron chi connectivity index (χ2n) is 4.64. The normalized spacial score (nSPS) is 10.6. The lowest BCUT2D eigenvalue weighted by atomic mass is 10.1. The van der Waals surface area contributed by atoms with Crippen molar-refractivity contribution >= 4 is 28.2 Å². The lowest BCUT2D eigenvalue weighted by molar-refractivity contribution is 0.0947. The topological polar surface area (TPSA) is 68.5 Å². The number of nitrogens with one attached hydrogen (secondary N) is 1. The number of benzene rings is 1. The molecule has 0 radical (unpaired) electrons. The van der Waals surface area contributed by atoms with Crippen molar-refractivity contribution < 1.29 is 13.9 Å². The fourth-order valence-electron chi connectivity index (χ4n) is 2.11. The van der Waals surface area contributed by atoms with E-state index in [2.05, 4.69) is 5.32 Å². The molecule has 5 nitrogen and oxygen atoms in total. The van der Waals surface area contributed by atoms with Crippen molar-refractivity contribution in [1.29, 1.82) is 0 Å². The molecule has 3 rings (SSSR count). The zero-order valence-corrected chi connectivity index (χ0v) is 12.6. The maximum atomic E-state index is 12.2. The van der Waals surface area contributed by atoms with Crippen LogP contribution in [0, 0.1) is 0 Å². The third kappa shape index (κ3) is 2.73. The minimum absolute atomic E-state index is 0.0176. The molecule has 0 spiro atoms. The standard InChI is InChI=1S/C16H13NO4S/c1-20-13-4-2-3-11-7-12(16(19)21-14(11)13)15(18)17-8-10-5-6-22-9-10/h2-7,9H,8H2,1H3,(H,17,18). The van der Waals surface area contributed by atoms with Gasteiger partial charge in [0.2, 0.25) is 0 Å². The Morgan fingerprint density at radius 3 is 2.95 bits per heavy atom. The van der Waals surface area contributed by atoms with E-state index in [0.717, 1.165) is 5.56 Å². The van der Waals surface area contributed by atoms with Crippen LogP contribution in [0.5, 0.6) is 5.75 Å². The average Bonchev–Trinajstić information content (AvgIpc) is 3.05. The van der Waals surface area contributed by atoms with Gasteiger partial charge < -0.3 is 14.5 Å². The van der Waals surface area contributed by atoms with Gasteiger partial charge in [-0.1, -0.05) is 12.1 Å². The van der Waals surface area contributed by atoms with Gasteiger partial charge in [0.15, 0.2) is 11.3 Å². The van der Waals surface area contributed by atoms with Crippen LogP contribution < -0.4 is 15.7 Å². The Labute approximate surface area is 130 Å². The van der Waals surface area contributed by atoms with Gasteiger partial charge in [-0.25, -0.2) is 4.79 Å². The Morgan fingerprint density at radius 1 is 1.36 bits per heavy atom. The molecule has 0 atom stereocenters. The molecule has 0 saturated carbocycles. The first-order valence-corrected chi connectivity index (χ1v) is 7.53. The molecule has 0 saturated heterocycles. The van der Waals surface area contributed by atoms with Crippen molar-refractivity contribution in [3.8, 4) is 5.75 Å². The highest BCUT2D eigenvalue weighted by molar-refractivity contribution is 7.07. The summed E-state index contributed by atoms with van der Waals surface area (Å²) in [6, 6.07) is 8.66. The van der Waals surface area contributed by atoms with E-state index in [1.54, 1.807) is 29.5 Å². The summed E-state index contributed by atoms with van der Waals surface area (Å²) in [5, 5.41) is 7.22. The molecule has 0 aliphatic heterocycles. The molecular formula is C16H13NO4S. The molecule has 0 aliphatic rings. The van der Waals surface area contributed by atoms with Crippen LogP contribution in [-0.2, 0) is 6.54 Å². The molecule has 0 aliphatic carbocycles. The minimum atomic E-state index is -0.681. The molecule has 22 heavy (non-hydrogen) atoms. The van der Waals surface area contributed by atoms with E-state index >= 15 is 0 Å². The van der Waals surface area contributed by atoms with Crippen molar-refractivity contribution in [2.45, 2.75) is 6.54 Å². The van der Waals surface area contributed by atoms with Gasteiger partial charge in [0, 0.05) is 11.9 Å². The van der Waals surface area contributed by atoms with Crippen molar-refractivity contribution in [3.63, 3.8) is 0 Å². The number of para-hydroxylation sites is 1. The molecule has 2 heterocycles. The summed E-state index contributed by atoms with van der Waals surface area (Å²) in [6.07, 6.45) is 0. The van der Waals surface area contributed by atoms with Gasteiger partial charge in [-0.15, -0.1) is 0 Å². The Morgan fingerprint density at radius 2 is 2.23 bits per heavy atom. The van der Waals surface area contributed by atoms with Gasteiger partial charge >= 0.3 is 5.63 Å². The fourth-order valence-corrected chi connectivity index (χ4v) is 2.78. The van der Waals surface area contributed by atoms with Gasteiger partial charge in [0.1, 0.15) is 5.56 Å². The number of methoxy groups -OCH3 is 1. The molecule has 1 amide bonds. The van der Waals surface area contributed by atoms with Crippen LogP contribution in [0.15, 0.2) is 50.3 Å². The van der Waals surface area contributed by atoms with E-state index in [4.69, 9.17) is 9.15 Å². The molecule has 1 aromatic carbocycles. The summed E-state index contributed by atoms with van der Waals surface area (Å²) < 4.78 is 10.4. The van der Waals surface area contributed by atoms with Crippen LogP contribution in [0.4, 0.5) is 0 Å². The summed E-state index contributed by atoms with van der Waals surface area (Å²) in [5.41, 5.74) is 0.630. The zero-order valence-electron chi connectivity index (χ0n) is 11.8. The number of hydrogen-bond acceptors (Lipinski definition) is 5. The van der Waals surface area contributed by atoms with Gasteiger partial charge in [-0.3, -0.25) is 4.79 Å². The van der Waals surface area contributed by atoms with Crippen LogP contribution in [0.25, 0.3) is 11.0 Å². The SMILES string of the molecule is COc1cccc2cc(C(=O)NCc3ccsc3)c(=O)oc12. The number of carbonyl (C=O) groups is 1. The van der Waals surface area contributed by atoms with Crippen molar-refractivity contribution in [1.82, 2.24) is 5.32 Å². The predicted octanol–water partition coefficient (Wildman–Crippen LogP) is 2.79. The molecular weight excluding hydrogens is 302 g/mol. The Bertz CT molecular complexity index is 867. The smallest absolute Gasteiger partial charge is 0.349 e. The molecule has 2 aromatic heterocycles. The molecule has 3 aromatic rings. The third-order valence-electron chi connectivity index (χ3n) is 3.22. The largest absolute Gasteiger partial charge is 0.493 e. The minimum Gasteiger partial charge on any atom is -0.493 e. The van der Waals surface area contributed by atoms with E-state index in [1.165, 1.54) is 13.2 Å². The van der Waals surface area contributed by atoms with Crippen molar-refractivity contribution in [2.24, 2.45) is 0 Å². The van der Waals surface area contributed by atoms with Crippen molar-refractivity contribution in [2.75, 3.05) is 7.11 Å². The highest BCUT2D eigenvalue weighted by atomic mass is 32.1. The van der Waals surface area contributed by atoms with Crippen LogP contribution in [0.1, 0.15) is 15.9 Å². The van der Waals surface area contributed by atoms with Crippen LogP contribution in [-0.4, -0.2) is 13.0 Å². The number of carbonyl (C=O) groups excluding carboxylic acids is 1. The summed E-state index contributed by atoms with van der Waals surface area (Å²) in [5.74, 6) is 0.00417. The maximum Gasteiger partial charge on any atom is 0.349 e. The molecule has 0 unspecified atom stereocenters. The number of rotatable bonds is 4. The third-order valence-corrected chi connectivity index (χ3v) is 3.95. The molecule has 0 bridgehead atoms. The number of fused-ring (bicyclic) bond motifs is 1. The number of thiophene rings is 1. The first kappa shape index (κ1) is 14.3. The van der Waals surface area contributed by atoms with Crippen molar-refractivity contribution in [3.05, 3.63) is 62.6 Å². The van der Waals surface area contributed by atoms with Gasteiger partial charge in [-0.05, 0) is 34.5 Å². The first-order chi connectivity index (χ1) is 10.7. The average molecular weight is 315 g/mol. The van der Waals surface area contributed by atoms with E-state index in [-0.39, 0.29) is 5.56 Å². The highest BCUT2D eigenvalue weighted by Gasteiger charge is 2.15.